The van der Waals surface area contributed by atoms with E-state index in [0.717, 1.165) is 5.56 Å². The molecule has 0 bridgehead atoms. The van der Waals surface area contributed by atoms with Crippen LogP contribution in [0.5, 0.6) is 11.6 Å². The number of pyridine rings is 1. The highest BCUT2D eigenvalue weighted by Crippen LogP contribution is 2.29. The monoisotopic (exact) mass is 316 g/mol. The number of aryl methyl sites for hydroxylation is 1. The Morgan fingerprint density at radius 3 is 2.91 bits per heavy atom. The van der Waals surface area contributed by atoms with Gasteiger partial charge in [-0.2, -0.15) is 0 Å². The number of nitrogens with one attached hydrogen (secondary N) is 1. The highest BCUT2D eigenvalue weighted by molar-refractivity contribution is 7.21. The highest BCUT2D eigenvalue weighted by atomic mass is 32.1. The molecule has 0 saturated heterocycles. The molecule has 8 heteroatoms. The maximum Gasteiger partial charge on any atom is 0.409 e. The first kappa shape index (κ1) is 14.1. The van der Waals surface area contributed by atoms with Crippen molar-refractivity contribution in [3.05, 3.63) is 35.9 Å². The minimum Gasteiger partial charge on any atom is -0.465 e. The van der Waals surface area contributed by atoms with Gasteiger partial charge in [-0.25, -0.2) is 14.8 Å². The predicted octanol–water partition coefficient (Wildman–Crippen LogP) is 3.46. The quantitative estimate of drug-likeness (QED) is 0.682. The summed E-state index contributed by atoms with van der Waals surface area (Å²) < 4.78 is 5.74. The van der Waals surface area contributed by atoms with Crippen molar-refractivity contribution in [3.63, 3.8) is 0 Å². The minimum absolute atomic E-state index is 0.395. The SMILES string of the molecule is Cc1ccc(NC(=O)O)cc1Oc1ccc2nc(N)sc2n1. The van der Waals surface area contributed by atoms with E-state index in [0.29, 0.717) is 32.8 Å². The molecule has 0 aliphatic carbocycles. The van der Waals surface area contributed by atoms with E-state index in [-0.39, 0.29) is 0 Å². The van der Waals surface area contributed by atoms with Gasteiger partial charge in [-0.1, -0.05) is 17.4 Å². The van der Waals surface area contributed by atoms with Gasteiger partial charge in [-0.3, -0.25) is 5.32 Å². The zero-order chi connectivity index (χ0) is 15.7. The number of fused-ring (bicyclic) bond motifs is 1. The van der Waals surface area contributed by atoms with E-state index < -0.39 is 6.09 Å². The second-order valence-electron chi connectivity index (χ2n) is 4.54. The molecule has 2 aromatic heterocycles. The summed E-state index contributed by atoms with van der Waals surface area (Å²) >= 11 is 1.28. The van der Waals surface area contributed by atoms with Gasteiger partial charge in [0.2, 0.25) is 5.88 Å². The van der Waals surface area contributed by atoms with E-state index in [2.05, 4.69) is 15.3 Å². The van der Waals surface area contributed by atoms with Gasteiger partial charge in [0.05, 0.1) is 0 Å². The summed E-state index contributed by atoms with van der Waals surface area (Å²) in [6.45, 7) is 1.86. The average molecular weight is 316 g/mol. The zero-order valence-electron chi connectivity index (χ0n) is 11.5. The Bertz CT molecular complexity index is 862. The van der Waals surface area contributed by atoms with E-state index in [9.17, 15) is 4.79 Å². The summed E-state index contributed by atoms with van der Waals surface area (Å²) in [5.41, 5.74) is 7.65. The van der Waals surface area contributed by atoms with Crippen molar-refractivity contribution >= 4 is 38.6 Å². The van der Waals surface area contributed by atoms with Crippen molar-refractivity contribution in [3.8, 4) is 11.6 Å². The van der Waals surface area contributed by atoms with Gasteiger partial charge in [0.25, 0.3) is 0 Å². The molecule has 2 heterocycles. The van der Waals surface area contributed by atoms with Crippen LogP contribution in [0.3, 0.4) is 0 Å². The molecule has 0 saturated carbocycles. The maximum atomic E-state index is 10.7. The lowest BCUT2D eigenvalue weighted by Gasteiger charge is -2.09. The summed E-state index contributed by atoms with van der Waals surface area (Å²) in [6, 6.07) is 8.51. The lowest BCUT2D eigenvalue weighted by molar-refractivity contribution is 0.210. The van der Waals surface area contributed by atoms with Crippen LogP contribution >= 0.6 is 11.3 Å². The Kier molecular flexibility index (Phi) is 3.51. The molecule has 22 heavy (non-hydrogen) atoms. The Labute approximate surface area is 129 Å². The van der Waals surface area contributed by atoms with Crippen LogP contribution in [0, 0.1) is 6.92 Å². The number of hydrogen-bond acceptors (Lipinski definition) is 6. The largest absolute Gasteiger partial charge is 0.465 e. The summed E-state index contributed by atoms with van der Waals surface area (Å²) in [5, 5.41) is 11.5. The Morgan fingerprint density at radius 2 is 2.14 bits per heavy atom. The molecule has 1 aromatic carbocycles. The summed E-state index contributed by atoms with van der Waals surface area (Å²) in [6.07, 6.45) is -1.13. The Hall–Kier alpha value is -2.87. The van der Waals surface area contributed by atoms with E-state index in [1.807, 2.05) is 6.92 Å². The van der Waals surface area contributed by atoms with Crippen molar-refractivity contribution in [1.82, 2.24) is 9.97 Å². The van der Waals surface area contributed by atoms with E-state index in [4.69, 9.17) is 15.6 Å². The van der Waals surface area contributed by atoms with E-state index >= 15 is 0 Å². The van der Waals surface area contributed by atoms with Crippen LogP contribution in [0.15, 0.2) is 30.3 Å². The van der Waals surface area contributed by atoms with Gasteiger partial charge in [0.15, 0.2) is 5.13 Å². The lowest BCUT2D eigenvalue weighted by Crippen LogP contribution is -2.07. The van der Waals surface area contributed by atoms with Crippen LogP contribution in [0.25, 0.3) is 10.3 Å². The van der Waals surface area contributed by atoms with Crippen LogP contribution < -0.4 is 15.8 Å². The van der Waals surface area contributed by atoms with Gasteiger partial charge in [-0.15, -0.1) is 0 Å². The van der Waals surface area contributed by atoms with Gasteiger partial charge in [0, 0.05) is 17.8 Å². The number of hydrogen-bond donors (Lipinski definition) is 3. The number of benzene rings is 1. The molecule has 0 atom stereocenters. The molecule has 4 N–H and O–H groups in total. The fourth-order valence-electron chi connectivity index (χ4n) is 1.90. The molecular formula is C14H12N4O3S. The van der Waals surface area contributed by atoms with Gasteiger partial charge in [0.1, 0.15) is 16.1 Å². The average Bonchev–Trinajstić information content (AvgIpc) is 2.81. The molecule has 0 aliphatic heterocycles. The van der Waals surface area contributed by atoms with Crippen LogP contribution in [-0.4, -0.2) is 21.2 Å². The van der Waals surface area contributed by atoms with Crippen LogP contribution in [0.2, 0.25) is 0 Å². The normalized spacial score (nSPS) is 10.6. The van der Waals surface area contributed by atoms with Crippen LogP contribution in [0.1, 0.15) is 5.56 Å². The van der Waals surface area contributed by atoms with E-state index in [1.54, 1.807) is 30.3 Å². The number of nitrogen functional groups attached to an aromatic ring is 1. The molecule has 1 amide bonds. The number of ether oxygens (including phenoxy) is 1. The zero-order valence-corrected chi connectivity index (χ0v) is 12.3. The fraction of sp³-hybridized carbons (Fsp3) is 0.0714. The number of carbonyl (C=O) groups is 1. The highest BCUT2D eigenvalue weighted by Gasteiger charge is 2.08. The molecule has 112 valence electrons. The summed E-state index contributed by atoms with van der Waals surface area (Å²) in [7, 11) is 0. The first-order valence-electron chi connectivity index (χ1n) is 6.33. The van der Waals surface area contributed by atoms with Crippen molar-refractivity contribution < 1.29 is 14.6 Å². The maximum absolute atomic E-state index is 10.7. The van der Waals surface area contributed by atoms with Gasteiger partial charge >= 0.3 is 6.09 Å². The number of nitrogens with two attached hydrogens (primary N) is 1. The molecule has 0 radical (unpaired) electrons. The standard InChI is InChI=1S/C14H12N4O3S/c1-7-2-3-8(16-14(19)20)6-10(7)21-11-5-4-9-12(18-11)22-13(15)17-9/h2-6,16H,1H3,(H2,15,17)(H,19,20). The van der Waals surface area contributed by atoms with E-state index in [1.165, 1.54) is 11.3 Å². The Morgan fingerprint density at radius 1 is 1.32 bits per heavy atom. The van der Waals surface area contributed by atoms with Gasteiger partial charge in [-0.05, 0) is 24.6 Å². The third-order valence-electron chi connectivity index (χ3n) is 2.90. The van der Waals surface area contributed by atoms with Crippen molar-refractivity contribution in [1.29, 1.82) is 0 Å². The number of amides is 1. The lowest BCUT2D eigenvalue weighted by atomic mass is 10.2. The second kappa shape index (κ2) is 5.49. The summed E-state index contributed by atoms with van der Waals surface area (Å²) in [5.74, 6) is 0.919. The molecular weight excluding hydrogens is 304 g/mol. The number of aromatic nitrogens is 2. The van der Waals surface area contributed by atoms with Gasteiger partial charge < -0.3 is 15.6 Å². The van der Waals surface area contributed by atoms with Crippen molar-refractivity contribution in [2.45, 2.75) is 6.92 Å². The van der Waals surface area contributed by atoms with Crippen LogP contribution in [0.4, 0.5) is 15.6 Å². The third kappa shape index (κ3) is 2.91. The molecule has 3 rings (SSSR count). The van der Waals surface area contributed by atoms with Crippen molar-refractivity contribution in [2.75, 3.05) is 11.1 Å². The molecule has 0 spiro atoms. The number of thiazole rings is 1. The first-order chi connectivity index (χ1) is 10.5. The van der Waals surface area contributed by atoms with Crippen LogP contribution in [-0.2, 0) is 0 Å². The number of nitrogens with zero attached hydrogens (tertiary/aromatic N) is 2. The Balaban J connectivity index is 1.91. The molecule has 0 unspecified atom stereocenters. The predicted molar refractivity (Wildman–Crippen MR) is 84.7 cm³/mol. The number of rotatable bonds is 3. The minimum atomic E-state index is -1.13. The number of carboxylic acid groups (broad SMARTS) is 1. The molecule has 7 nitrogen and oxygen atoms in total. The van der Waals surface area contributed by atoms with Crippen molar-refractivity contribution in [2.24, 2.45) is 0 Å². The second-order valence-corrected chi connectivity index (χ2v) is 5.55. The summed E-state index contributed by atoms with van der Waals surface area (Å²) in [4.78, 5) is 19.8. The molecule has 3 aromatic rings. The molecule has 0 fully saturated rings. The first-order valence-corrected chi connectivity index (χ1v) is 7.14. The molecule has 0 aliphatic rings. The fourth-order valence-corrected chi connectivity index (χ4v) is 2.59. The topological polar surface area (TPSA) is 110 Å². The smallest absolute Gasteiger partial charge is 0.409 e. The third-order valence-corrected chi connectivity index (χ3v) is 3.69. The number of anilines is 2.